The number of hydrogen-bond acceptors (Lipinski definition) is 5. The summed E-state index contributed by atoms with van der Waals surface area (Å²) in [5.74, 6) is -2.27. The maximum Gasteiger partial charge on any atom is 0.308 e. The van der Waals surface area contributed by atoms with Gasteiger partial charge in [-0.3, -0.25) is 9.59 Å². The van der Waals surface area contributed by atoms with Crippen LogP contribution in [0, 0.1) is 5.92 Å². The summed E-state index contributed by atoms with van der Waals surface area (Å²) in [5, 5.41) is 13.4. The number of primary sulfonamides is 1. The molecule has 1 amide bonds. The average Bonchev–Trinajstić information content (AvgIpc) is 2.87. The molecule has 2 rings (SSSR count). The van der Waals surface area contributed by atoms with Crippen LogP contribution in [0.4, 0.5) is 0 Å². The molecule has 1 aromatic rings. The largest absolute Gasteiger partial charge is 0.481 e. The Bertz CT molecular complexity index is 635. The summed E-state index contributed by atoms with van der Waals surface area (Å²) >= 11 is 0. The summed E-state index contributed by atoms with van der Waals surface area (Å²) in [6.07, 6.45) is 1.09. The van der Waals surface area contributed by atoms with Crippen molar-refractivity contribution in [1.82, 2.24) is 4.90 Å². The fourth-order valence-corrected chi connectivity index (χ4v) is 2.57. The number of nitrogens with zero attached hydrogens (tertiary/aromatic N) is 1. The monoisotopic (exact) mass is 302 g/mol. The number of carboxylic acids is 1. The molecule has 0 radical (unpaired) electrons. The average molecular weight is 302 g/mol. The summed E-state index contributed by atoms with van der Waals surface area (Å²) in [5.41, 5.74) is 0. The van der Waals surface area contributed by atoms with Gasteiger partial charge in [0.2, 0.25) is 5.09 Å². The topological polar surface area (TPSA) is 131 Å². The zero-order valence-electron chi connectivity index (χ0n) is 10.5. The molecule has 0 spiro atoms. The van der Waals surface area contributed by atoms with E-state index in [0.29, 0.717) is 19.4 Å². The van der Waals surface area contributed by atoms with Crippen molar-refractivity contribution in [2.75, 3.05) is 13.1 Å². The van der Waals surface area contributed by atoms with E-state index in [-0.39, 0.29) is 12.3 Å². The fraction of sp³-hybridized carbons (Fsp3) is 0.455. The number of sulfonamides is 1. The first kappa shape index (κ1) is 14.5. The van der Waals surface area contributed by atoms with Crippen LogP contribution >= 0.6 is 0 Å². The molecule has 9 heteroatoms. The number of piperidine rings is 1. The lowest BCUT2D eigenvalue weighted by Gasteiger charge is -2.29. The highest BCUT2D eigenvalue weighted by Gasteiger charge is 2.30. The van der Waals surface area contributed by atoms with Crippen LogP contribution in [-0.2, 0) is 14.8 Å². The summed E-state index contributed by atoms with van der Waals surface area (Å²) < 4.78 is 27.0. The van der Waals surface area contributed by atoms with Gasteiger partial charge < -0.3 is 14.4 Å². The number of amides is 1. The SMILES string of the molecule is NS(=O)(=O)c1ccc(C(=O)N2CCCC(C(=O)O)C2)o1. The predicted octanol–water partition coefficient (Wildman–Crippen LogP) is -0.136. The molecule has 1 aliphatic heterocycles. The lowest BCUT2D eigenvalue weighted by molar-refractivity contribution is -0.143. The molecule has 3 N–H and O–H groups in total. The molecule has 0 aliphatic carbocycles. The van der Waals surface area contributed by atoms with Crippen molar-refractivity contribution < 1.29 is 27.5 Å². The molecular formula is C11H14N2O6S. The van der Waals surface area contributed by atoms with E-state index in [4.69, 9.17) is 14.7 Å². The van der Waals surface area contributed by atoms with Crippen LogP contribution in [0.15, 0.2) is 21.6 Å². The van der Waals surface area contributed by atoms with Crippen molar-refractivity contribution in [3.63, 3.8) is 0 Å². The van der Waals surface area contributed by atoms with Gasteiger partial charge in [0.25, 0.3) is 15.9 Å². The normalized spacial score (nSPS) is 19.9. The van der Waals surface area contributed by atoms with Gasteiger partial charge in [0.15, 0.2) is 5.76 Å². The van der Waals surface area contributed by atoms with Crippen LogP contribution in [0.1, 0.15) is 23.4 Å². The second kappa shape index (κ2) is 5.25. The third-order valence-electron chi connectivity index (χ3n) is 3.13. The summed E-state index contributed by atoms with van der Waals surface area (Å²) in [6.45, 7) is 0.494. The van der Waals surface area contributed by atoms with Crippen LogP contribution in [0.2, 0.25) is 0 Å². The standard InChI is InChI=1S/C11H14N2O6S/c12-20(17,18)9-4-3-8(19-9)10(14)13-5-1-2-7(6-13)11(15)16/h3-4,7H,1-2,5-6H2,(H,15,16)(H2,12,17,18). The van der Waals surface area contributed by atoms with E-state index in [1.54, 1.807) is 0 Å². The molecule has 8 nitrogen and oxygen atoms in total. The van der Waals surface area contributed by atoms with Crippen molar-refractivity contribution in [3.8, 4) is 0 Å². The minimum absolute atomic E-state index is 0.0829. The number of carboxylic acid groups (broad SMARTS) is 1. The Morgan fingerprint density at radius 1 is 1.40 bits per heavy atom. The van der Waals surface area contributed by atoms with Crippen molar-refractivity contribution in [2.45, 2.75) is 17.9 Å². The lowest BCUT2D eigenvalue weighted by Crippen LogP contribution is -2.42. The van der Waals surface area contributed by atoms with E-state index in [2.05, 4.69) is 0 Å². The van der Waals surface area contributed by atoms with Gasteiger partial charge in [0.05, 0.1) is 5.92 Å². The molecule has 110 valence electrons. The Kier molecular flexibility index (Phi) is 3.82. The maximum atomic E-state index is 12.1. The third-order valence-corrected chi connectivity index (χ3v) is 3.91. The van der Waals surface area contributed by atoms with Gasteiger partial charge in [0.1, 0.15) is 0 Å². The summed E-state index contributed by atoms with van der Waals surface area (Å²) in [7, 11) is -4.00. The van der Waals surface area contributed by atoms with Gasteiger partial charge in [-0.15, -0.1) is 0 Å². The zero-order valence-corrected chi connectivity index (χ0v) is 11.3. The van der Waals surface area contributed by atoms with Crippen LogP contribution in [0.5, 0.6) is 0 Å². The Hall–Kier alpha value is -1.87. The highest BCUT2D eigenvalue weighted by Crippen LogP contribution is 2.20. The number of likely N-dealkylation sites (tertiary alicyclic amines) is 1. The number of carbonyl (C=O) groups is 2. The predicted molar refractivity (Wildman–Crippen MR) is 66.3 cm³/mol. The van der Waals surface area contributed by atoms with E-state index in [1.807, 2.05) is 0 Å². The number of hydrogen-bond donors (Lipinski definition) is 2. The lowest BCUT2D eigenvalue weighted by atomic mass is 9.98. The molecule has 1 aromatic heterocycles. The molecule has 20 heavy (non-hydrogen) atoms. The van der Waals surface area contributed by atoms with Crippen LogP contribution < -0.4 is 5.14 Å². The summed E-state index contributed by atoms with van der Waals surface area (Å²) in [6, 6.07) is 2.31. The van der Waals surface area contributed by atoms with Crippen LogP contribution in [0.3, 0.4) is 0 Å². The van der Waals surface area contributed by atoms with Gasteiger partial charge >= 0.3 is 5.97 Å². The fourth-order valence-electron chi connectivity index (χ4n) is 2.11. The van der Waals surface area contributed by atoms with Crippen LogP contribution in [0.25, 0.3) is 0 Å². The minimum atomic E-state index is -4.00. The van der Waals surface area contributed by atoms with Gasteiger partial charge in [-0.05, 0) is 25.0 Å². The number of carbonyl (C=O) groups excluding carboxylic acids is 1. The van der Waals surface area contributed by atoms with Gasteiger partial charge in [0, 0.05) is 13.1 Å². The molecule has 2 heterocycles. The highest BCUT2D eigenvalue weighted by molar-refractivity contribution is 7.89. The molecule has 0 aromatic carbocycles. The Labute approximate surface area is 115 Å². The first-order chi connectivity index (χ1) is 9.29. The second-order valence-corrected chi connectivity index (χ2v) is 6.08. The Morgan fingerprint density at radius 3 is 2.65 bits per heavy atom. The Morgan fingerprint density at radius 2 is 2.10 bits per heavy atom. The number of furan rings is 1. The van der Waals surface area contributed by atoms with E-state index < -0.39 is 32.9 Å². The van der Waals surface area contributed by atoms with Crippen molar-refractivity contribution in [1.29, 1.82) is 0 Å². The summed E-state index contributed by atoms with van der Waals surface area (Å²) in [4.78, 5) is 24.4. The van der Waals surface area contributed by atoms with E-state index in [1.165, 1.54) is 11.0 Å². The molecule has 1 unspecified atom stereocenters. The zero-order chi connectivity index (χ0) is 14.9. The molecular weight excluding hydrogens is 288 g/mol. The first-order valence-electron chi connectivity index (χ1n) is 5.94. The molecule has 0 saturated carbocycles. The molecule has 0 bridgehead atoms. The molecule has 1 fully saturated rings. The highest BCUT2D eigenvalue weighted by atomic mass is 32.2. The van der Waals surface area contributed by atoms with Crippen molar-refractivity contribution in [2.24, 2.45) is 11.1 Å². The maximum absolute atomic E-state index is 12.1. The second-order valence-electron chi connectivity index (χ2n) is 4.59. The van der Waals surface area contributed by atoms with Gasteiger partial charge in [-0.1, -0.05) is 0 Å². The molecule has 1 atom stereocenters. The van der Waals surface area contributed by atoms with Crippen molar-refractivity contribution >= 4 is 21.9 Å². The number of rotatable bonds is 3. The van der Waals surface area contributed by atoms with E-state index >= 15 is 0 Å². The molecule has 1 saturated heterocycles. The van der Waals surface area contributed by atoms with Crippen molar-refractivity contribution in [3.05, 3.63) is 17.9 Å². The minimum Gasteiger partial charge on any atom is -0.481 e. The van der Waals surface area contributed by atoms with Gasteiger partial charge in [-0.25, -0.2) is 13.6 Å². The third kappa shape index (κ3) is 2.99. The quantitative estimate of drug-likeness (QED) is 0.799. The van der Waals surface area contributed by atoms with E-state index in [0.717, 1.165) is 6.07 Å². The van der Waals surface area contributed by atoms with E-state index in [9.17, 15) is 18.0 Å². The number of aliphatic carboxylic acids is 1. The molecule has 1 aliphatic rings. The van der Waals surface area contributed by atoms with Gasteiger partial charge in [-0.2, -0.15) is 0 Å². The first-order valence-corrected chi connectivity index (χ1v) is 7.48. The smallest absolute Gasteiger partial charge is 0.308 e. The Balaban J connectivity index is 2.15. The van der Waals surface area contributed by atoms with Crippen LogP contribution in [-0.4, -0.2) is 43.4 Å². The number of nitrogens with two attached hydrogens (primary N) is 1.